The molecule has 0 fully saturated rings. The van der Waals surface area contributed by atoms with Crippen molar-refractivity contribution in [2.45, 2.75) is 12.8 Å². The normalized spacial score (nSPS) is 13.8. The van der Waals surface area contributed by atoms with Crippen molar-refractivity contribution in [1.82, 2.24) is 0 Å². The summed E-state index contributed by atoms with van der Waals surface area (Å²) in [6.07, 6.45) is 11.3. The first-order chi connectivity index (χ1) is 12.5. The molecule has 0 radical (unpaired) electrons. The van der Waals surface area contributed by atoms with Crippen LogP contribution in [0.2, 0.25) is 0 Å². The first kappa shape index (κ1) is 18.9. The van der Waals surface area contributed by atoms with E-state index in [1.165, 1.54) is 18.2 Å². The Hall–Kier alpha value is -3.46. The number of anilines is 1. The SMILES string of the molecule is C#CCOC1=C(OC)CCC(/C=C/C(=O)Nc2ccccc2C(=O)O)=C1. The molecule has 1 amide bonds. The van der Waals surface area contributed by atoms with Crippen LogP contribution in [0, 0.1) is 12.3 Å². The monoisotopic (exact) mass is 353 g/mol. The van der Waals surface area contributed by atoms with Gasteiger partial charge in [0.15, 0.2) is 5.76 Å². The summed E-state index contributed by atoms with van der Waals surface area (Å²) in [5.74, 6) is 2.12. The van der Waals surface area contributed by atoms with Crippen LogP contribution in [0.15, 0.2) is 59.6 Å². The van der Waals surface area contributed by atoms with Gasteiger partial charge in [-0.25, -0.2) is 4.79 Å². The molecule has 0 spiro atoms. The summed E-state index contributed by atoms with van der Waals surface area (Å²) in [7, 11) is 1.57. The predicted octanol–water partition coefficient (Wildman–Crippen LogP) is 3.11. The Kier molecular flexibility index (Phi) is 6.63. The molecule has 0 unspecified atom stereocenters. The van der Waals surface area contributed by atoms with Crippen LogP contribution in [0.3, 0.4) is 0 Å². The van der Waals surface area contributed by atoms with Gasteiger partial charge in [-0.15, -0.1) is 6.42 Å². The Balaban J connectivity index is 2.09. The molecular weight excluding hydrogens is 334 g/mol. The Morgan fingerprint density at radius 2 is 2.12 bits per heavy atom. The number of para-hydroxylation sites is 1. The first-order valence-electron chi connectivity index (χ1n) is 7.90. The predicted molar refractivity (Wildman–Crippen MR) is 97.3 cm³/mol. The Bertz CT molecular complexity index is 827. The minimum atomic E-state index is -1.10. The zero-order valence-corrected chi connectivity index (χ0v) is 14.3. The molecule has 6 nitrogen and oxygen atoms in total. The van der Waals surface area contributed by atoms with Crippen molar-refractivity contribution >= 4 is 17.6 Å². The summed E-state index contributed by atoms with van der Waals surface area (Å²) in [6.45, 7) is 0.127. The fraction of sp³-hybridized carbons (Fsp3) is 0.200. The van der Waals surface area contributed by atoms with Crippen molar-refractivity contribution in [2.75, 3.05) is 19.0 Å². The van der Waals surface area contributed by atoms with Crippen LogP contribution in [0.5, 0.6) is 0 Å². The summed E-state index contributed by atoms with van der Waals surface area (Å²) < 4.78 is 10.7. The van der Waals surface area contributed by atoms with Crippen molar-refractivity contribution in [3.8, 4) is 12.3 Å². The van der Waals surface area contributed by atoms with E-state index in [2.05, 4.69) is 11.2 Å². The number of methoxy groups -OCH3 is 1. The number of hydrogen-bond donors (Lipinski definition) is 2. The smallest absolute Gasteiger partial charge is 0.337 e. The van der Waals surface area contributed by atoms with Crippen molar-refractivity contribution in [2.24, 2.45) is 0 Å². The standard InChI is InChI=1S/C20H19NO5/c1-3-12-26-18-13-14(8-10-17(18)25-2)9-11-19(22)21-16-7-5-4-6-15(16)20(23)24/h1,4-7,9,11,13H,8,10,12H2,2H3,(H,21,22)(H,23,24)/b11-9+. The number of aromatic carboxylic acids is 1. The topological polar surface area (TPSA) is 84.9 Å². The van der Waals surface area contributed by atoms with Crippen LogP contribution in [0.25, 0.3) is 0 Å². The highest BCUT2D eigenvalue weighted by Crippen LogP contribution is 2.26. The number of ether oxygens (including phenoxy) is 2. The molecular formula is C20H19NO5. The van der Waals surface area contributed by atoms with Crippen LogP contribution in [-0.2, 0) is 14.3 Å². The van der Waals surface area contributed by atoms with E-state index in [-0.39, 0.29) is 17.9 Å². The molecule has 0 atom stereocenters. The highest BCUT2D eigenvalue weighted by atomic mass is 16.5. The van der Waals surface area contributed by atoms with Gasteiger partial charge in [0.25, 0.3) is 0 Å². The summed E-state index contributed by atoms with van der Waals surface area (Å²) >= 11 is 0. The second kappa shape index (κ2) is 9.14. The van der Waals surface area contributed by atoms with Gasteiger partial charge in [0.05, 0.1) is 18.4 Å². The second-order valence-corrected chi connectivity index (χ2v) is 5.38. The van der Waals surface area contributed by atoms with Gasteiger partial charge in [0.1, 0.15) is 12.4 Å². The van der Waals surface area contributed by atoms with Crippen molar-refractivity contribution in [3.05, 3.63) is 65.1 Å². The minimum absolute atomic E-state index is 0.0313. The zero-order valence-electron chi connectivity index (χ0n) is 14.3. The molecule has 0 aromatic heterocycles. The van der Waals surface area contributed by atoms with Crippen LogP contribution in [0.4, 0.5) is 5.69 Å². The van der Waals surface area contributed by atoms with Gasteiger partial charge >= 0.3 is 5.97 Å². The molecule has 6 heteroatoms. The van der Waals surface area contributed by atoms with Gasteiger partial charge in [0, 0.05) is 12.5 Å². The van der Waals surface area contributed by atoms with Crippen LogP contribution >= 0.6 is 0 Å². The molecule has 0 heterocycles. The maximum absolute atomic E-state index is 12.1. The maximum atomic E-state index is 12.1. The minimum Gasteiger partial charge on any atom is -0.497 e. The highest BCUT2D eigenvalue weighted by Gasteiger charge is 2.14. The lowest BCUT2D eigenvalue weighted by Crippen LogP contribution is -2.12. The summed E-state index contributed by atoms with van der Waals surface area (Å²) in [5.41, 5.74) is 1.15. The molecule has 0 aliphatic heterocycles. The average Bonchev–Trinajstić information content (AvgIpc) is 2.65. The van der Waals surface area contributed by atoms with Crippen LogP contribution in [0.1, 0.15) is 23.2 Å². The number of terminal acetylenes is 1. The molecule has 1 aliphatic carbocycles. The number of carboxylic acids is 1. The van der Waals surface area contributed by atoms with Crippen molar-refractivity contribution in [1.29, 1.82) is 0 Å². The number of benzene rings is 1. The summed E-state index contributed by atoms with van der Waals surface area (Å²) in [4.78, 5) is 23.3. The Morgan fingerprint density at radius 3 is 2.81 bits per heavy atom. The largest absolute Gasteiger partial charge is 0.497 e. The molecule has 1 aromatic rings. The third-order valence-electron chi connectivity index (χ3n) is 3.65. The van der Waals surface area contributed by atoms with E-state index in [1.54, 1.807) is 31.4 Å². The van der Waals surface area contributed by atoms with Crippen LogP contribution in [-0.4, -0.2) is 30.7 Å². The van der Waals surface area contributed by atoms with E-state index < -0.39 is 11.9 Å². The van der Waals surface area contributed by atoms with Gasteiger partial charge in [-0.2, -0.15) is 0 Å². The Morgan fingerprint density at radius 1 is 1.35 bits per heavy atom. The third kappa shape index (κ3) is 5.02. The summed E-state index contributed by atoms with van der Waals surface area (Å²) in [5, 5.41) is 11.7. The van der Waals surface area contributed by atoms with Gasteiger partial charge in [-0.3, -0.25) is 4.79 Å². The zero-order chi connectivity index (χ0) is 18.9. The molecule has 0 saturated carbocycles. The third-order valence-corrected chi connectivity index (χ3v) is 3.65. The van der Waals surface area contributed by atoms with Crippen molar-refractivity contribution in [3.63, 3.8) is 0 Å². The number of hydrogen-bond acceptors (Lipinski definition) is 4. The van der Waals surface area contributed by atoms with Gasteiger partial charge in [-0.05, 0) is 30.2 Å². The average molecular weight is 353 g/mol. The highest BCUT2D eigenvalue weighted by molar-refractivity contribution is 6.04. The van der Waals surface area contributed by atoms with Gasteiger partial charge in [0.2, 0.25) is 5.91 Å². The molecule has 2 rings (SSSR count). The second-order valence-electron chi connectivity index (χ2n) is 5.38. The van der Waals surface area contributed by atoms with Gasteiger partial charge in [-0.1, -0.05) is 24.1 Å². The fourth-order valence-corrected chi connectivity index (χ4v) is 2.41. The summed E-state index contributed by atoms with van der Waals surface area (Å²) in [6, 6.07) is 6.22. The number of allylic oxidation sites excluding steroid dienone is 4. The lowest BCUT2D eigenvalue weighted by atomic mass is 10.0. The lowest BCUT2D eigenvalue weighted by molar-refractivity contribution is -0.111. The number of carbonyl (C=O) groups is 2. The van der Waals surface area contributed by atoms with Crippen LogP contribution < -0.4 is 5.32 Å². The number of amides is 1. The van der Waals surface area contributed by atoms with E-state index >= 15 is 0 Å². The molecule has 0 bridgehead atoms. The maximum Gasteiger partial charge on any atom is 0.337 e. The van der Waals surface area contributed by atoms with E-state index in [1.807, 2.05) is 0 Å². The van der Waals surface area contributed by atoms with E-state index in [0.29, 0.717) is 24.4 Å². The van der Waals surface area contributed by atoms with E-state index in [0.717, 1.165) is 5.57 Å². The fourth-order valence-electron chi connectivity index (χ4n) is 2.41. The number of nitrogens with one attached hydrogen (secondary N) is 1. The van der Waals surface area contributed by atoms with Crippen molar-refractivity contribution < 1.29 is 24.2 Å². The first-order valence-corrected chi connectivity index (χ1v) is 7.90. The molecule has 134 valence electrons. The van der Waals surface area contributed by atoms with Gasteiger partial charge < -0.3 is 19.9 Å². The Labute approximate surface area is 151 Å². The quantitative estimate of drug-likeness (QED) is 0.581. The molecule has 26 heavy (non-hydrogen) atoms. The molecule has 0 saturated heterocycles. The number of carbonyl (C=O) groups excluding carboxylic acids is 1. The lowest BCUT2D eigenvalue weighted by Gasteiger charge is -2.17. The molecule has 2 N–H and O–H groups in total. The number of rotatable bonds is 7. The molecule has 1 aliphatic rings. The van der Waals surface area contributed by atoms with E-state index in [4.69, 9.17) is 21.0 Å². The molecule has 1 aromatic carbocycles. The van der Waals surface area contributed by atoms with E-state index in [9.17, 15) is 9.59 Å². The number of carboxylic acid groups (broad SMARTS) is 1.